The Bertz CT molecular complexity index is 527. The van der Waals surface area contributed by atoms with E-state index in [4.69, 9.17) is 5.11 Å². The zero-order valence-electron chi connectivity index (χ0n) is 9.51. The number of nitrogens with one attached hydrogen (secondary N) is 1. The highest BCUT2D eigenvalue weighted by atomic mass is 16.4. The van der Waals surface area contributed by atoms with E-state index in [1.165, 1.54) is 11.0 Å². The Morgan fingerprint density at radius 3 is 2.50 bits per heavy atom. The minimum absolute atomic E-state index is 0.0654. The van der Waals surface area contributed by atoms with Crippen molar-refractivity contribution >= 4 is 23.7 Å². The number of aryl methyl sites for hydroxylation is 1. The second-order valence-electron chi connectivity index (χ2n) is 3.83. The number of carbonyl (C=O) groups excluding carboxylic acids is 2. The Morgan fingerprint density at radius 2 is 1.94 bits per heavy atom. The van der Waals surface area contributed by atoms with Crippen molar-refractivity contribution in [3.63, 3.8) is 0 Å². The van der Waals surface area contributed by atoms with E-state index < -0.39 is 17.8 Å². The maximum atomic E-state index is 11.2. The van der Waals surface area contributed by atoms with Crippen LogP contribution in [0, 0.1) is 6.92 Å². The van der Waals surface area contributed by atoms with Crippen molar-refractivity contribution in [1.29, 1.82) is 0 Å². The molecule has 0 atom stereocenters. The van der Waals surface area contributed by atoms with Crippen LogP contribution in [0.3, 0.4) is 0 Å². The summed E-state index contributed by atoms with van der Waals surface area (Å²) in [6.45, 7) is 1.46. The van der Waals surface area contributed by atoms with Crippen LogP contribution in [0.5, 0.6) is 0 Å². The first-order chi connectivity index (χ1) is 8.45. The number of piperazine rings is 1. The Labute approximate surface area is 102 Å². The van der Waals surface area contributed by atoms with Crippen molar-refractivity contribution in [3.05, 3.63) is 17.5 Å². The maximum absolute atomic E-state index is 11.2. The van der Waals surface area contributed by atoms with E-state index in [1.54, 1.807) is 6.92 Å². The third-order valence-electron chi connectivity index (χ3n) is 2.29. The standard InChI is InChI=1S/C10H10N4O4/c1-5-2-6(9(17)18)12-10(11-5)14-3-7(15)13-8(16)4-14/h2H,3-4H2,1H3,(H,17,18)(H,13,15,16). The van der Waals surface area contributed by atoms with Crippen LogP contribution in [-0.2, 0) is 9.59 Å². The minimum Gasteiger partial charge on any atom is -0.477 e. The molecule has 2 rings (SSSR count). The van der Waals surface area contributed by atoms with Gasteiger partial charge >= 0.3 is 5.97 Å². The normalized spacial score (nSPS) is 15.5. The molecule has 1 aromatic rings. The lowest BCUT2D eigenvalue weighted by atomic mass is 10.3. The van der Waals surface area contributed by atoms with Crippen LogP contribution >= 0.6 is 0 Å². The predicted octanol–water partition coefficient (Wildman–Crippen LogP) is -1.05. The lowest BCUT2D eigenvalue weighted by molar-refractivity contribution is -0.130. The Kier molecular flexibility index (Phi) is 2.92. The number of carbonyl (C=O) groups is 3. The van der Waals surface area contributed by atoms with E-state index in [-0.39, 0.29) is 24.7 Å². The molecule has 1 fully saturated rings. The van der Waals surface area contributed by atoms with Crippen LogP contribution in [0.25, 0.3) is 0 Å². The fourth-order valence-corrected chi connectivity index (χ4v) is 1.58. The molecule has 1 aliphatic rings. The summed E-state index contributed by atoms with van der Waals surface area (Å²) in [5.41, 5.74) is 0.284. The van der Waals surface area contributed by atoms with Crippen molar-refractivity contribution in [2.75, 3.05) is 18.0 Å². The zero-order valence-corrected chi connectivity index (χ0v) is 9.51. The highest BCUT2D eigenvalue weighted by molar-refractivity contribution is 6.02. The second-order valence-corrected chi connectivity index (χ2v) is 3.83. The molecule has 0 saturated carbocycles. The molecule has 0 unspecified atom stereocenters. The number of anilines is 1. The van der Waals surface area contributed by atoms with Crippen molar-refractivity contribution in [2.45, 2.75) is 6.92 Å². The summed E-state index contributed by atoms with van der Waals surface area (Å²) in [5, 5.41) is 11.0. The average Bonchev–Trinajstić information content (AvgIpc) is 2.26. The van der Waals surface area contributed by atoms with Gasteiger partial charge in [0.25, 0.3) is 0 Å². The van der Waals surface area contributed by atoms with Gasteiger partial charge in [-0.15, -0.1) is 0 Å². The summed E-state index contributed by atoms with van der Waals surface area (Å²) in [5.74, 6) is -2.05. The summed E-state index contributed by atoms with van der Waals surface area (Å²) in [6.07, 6.45) is 0. The zero-order chi connectivity index (χ0) is 13.3. The van der Waals surface area contributed by atoms with Crippen LogP contribution in [-0.4, -0.2) is 45.9 Å². The summed E-state index contributed by atoms with van der Waals surface area (Å²) >= 11 is 0. The fraction of sp³-hybridized carbons (Fsp3) is 0.300. The molecule has 0 bridgehead atoms. The van der Waals surface area contributed by atoms with Gasteiger partial charge in [-0.2, -0.15) is 0 Å². The van der Waals surface area contributed by atoms with E-state index in [0.29, 0.717) is 5.69 Å². The average molecular weight is 250 g/mol. The number of imide groups is 1. The smallest absolute Gasteiger partial charge is 0.354 e. The molecule has 1 aliphatic heterocycles. The molecule has 0 aromatic carbocycles. The quantitative estimate of drug-likeness (QED) is 0.643. The summed E-state index contributed by atoms with van der Waals surface area (Å²) < 4.78 is 0. The third-order valence-corrected chi connectivity index (χ3v) is 2.29. The SMILES string of the molecule is Cc1cc(C(=O)O)nc(N2CC(=O)NC(=O)C2)n1. The molecule has 1 aromatic heterocycles. The van der Waals surface area contributed by atoms with Gasteiger partial charge in [0.15, 0.2) is 5.69 Å². The van der Waals surface area contributed by atoms with Crippen LogP contribution in [0.4, 0.5) is 5.95 Å². The van der Waals surface area contributed by atoms with E-state index in [0.717, 1.165) is 0 Å². The molecular formula is C10H10N4O4. The molecule has 0 radical (unpaired) electrons. The molecule has 1 saturated heterocycles. The number of hydrogen-bond donors (Lipinski definition) is 2. The maximum Gasteiger partial charge on any atom is 0.354 e. The van der Waals surface area contributed by atoms with E-state index in [9.17, 15) is 14.4 Å². The number of aromatic carboxylic acids is 1. The molecule has 2 amide bonds. The van der Waals surface area contributed by atoms with Gasteiger partial charge in [-0.3, -0.25) is 14.9 Å². The first-order valence-electron chi connectivity index (χ1n) is 5.12. The molecular weight excluding hydrogens is 240 g/mol. The third kappa shape index (κ3) is 2.42. The van der Waals surface area contributed by atoms with Crippen molar-refractivity contribution in [2.24, 2.45) is 0 Å². The Balaban J connectivity index is 2.35. The summed E-state index contributed by atoms with van der Waals surface area (Å²) in [4.78, 5) is 42.5. The summed E-state index contributed by atoms with van der Waals surface area (Å²) in [7, 11) is 0. The lowest BCUT2D eigenvalue weighted by Crippen LogP contribution is -2.52. The number of hydrogen-bond acceptors (Lipinski definition) is 6. The van der Waals surface area contributed by atoms with Crippen LogP contribution in [0.15, 0.2) is 6.07 Å². The van der Waals surface area contributed by atoms with Gasteiger partial charge in [-0.05, 0) is 13.0 Å². The molecule has 2 heterocycles. The number of nitrogens with zero attached hydrogens (tertiary/aromatic N) is 3. The number of carboxylic acids is 1. The molecule has 18 heavy (non-hydrogen) atoms. The van der Waals surface area contributed by atoms with Gasteiger partial charge in [0.2, 0.25) is 17.8 Å². The van der Waals surface area contributed by atoms with Gasteiger partial charge in [0.05, 0.1) is 0 Å². The number of aromatic nitrogens is 2. The summed E-state index contributed by atoms with van der Waals surface area (Å²) in [6, 6.07) is 1.32. The van der Waals surface area contributed by atoms with E-state index in [2.05, 4.69) is 15.3 Å². The number of amides is 2. The van der Waals surface area contributed by atoms with Crippen molar-refractivity contribution in [3.8, 4) is 0 Å². The highest BCUT2D eigenvalue weighted by Crippen LogP contribution is 2.11. The Morgan fingerprint density at radius 1 is 1.33 bits per heavy atom. The molecule has 8 nitrogen and oxygen atoms in total. The predicted molar refractivity (Wildman–Crippen MR) is 59.1 cm³/mol. The van der Waals surface area contributed by atoms with Gasteiger partial charge in [-0.1, -0.05) is 0 Å². The van der Waals surface area contributed by atoms with E-state index >= 15 is 0 Å². The topological polar surface area (TPSA) is 112 Å². The van der Waals surface area contributed by atoms with Crippen LogP contribution < -0.4 is 10.2 Å². The molecule has 0 spiro atoms. The van der Waals surface area contributed by atoms with Gasteiger partial charge in [-0.25, -0.2) is 14.8 Å². The van der Waals surface area contributed by atoms with E-state index in [1.807, 2.05) is 0 Å². The first kappa shape index (κ1) is 12.0. The largest absolute Gasteiger partial charge is 0.477 e. The van der Waals surface area contributed by atoms with Gasteiger partial charge in [0, 0.05) is 5.69 Å². The second kappa shape index (κ2) is 4.40. The van der Waals surface area contributed by atoms with Crippen molar-refractivity contribution in [1.82, 2.24) is 15.3 Å². The highest BCUT2D eigenvalue weighted by Gasteiger charge is 2.25. The lowest BCUT2D eigenvalue weighted by Gasteiger charge is -2.25. The van der Waals surface area contributed by atoms with Crippen LogP contribution in [0.1, 0.15) is 16.2 Å². The Hall–Kier alpha value is -2.51. The monoisotopic (exact) mass is 250 g/mol. The molecule has 8 heteroatoms. The molecule has 2 N–H and O–H groups in total. The molecule has 94 valence electrons. The van der Waals surface area contributed by atoms with Gasteiger partial charge < -0.3 is 10.0 Å². The van der Waals surface area contributed by atoms with Gasteiger partial charge in [0.1, 0.15) is 13.1 Å². The number of carboxylic acid groups (broad SMARTS) is 1. The van der Waals surface area contributed by atoms with Crippen LogP contribution in [0.2, 0.25) is 0 Å². The molecule has 0 aliphatic carbocycles. The van der Waals surface area contributed by atoms with Crippen molar-refractivity contribution < 1.29 is 19.5 Å². The number of rotatable bonds is 2. The minimum atomic E-state index is -1.19. The first-order valence-corrected chi connectivity index (χ1v) is 5.12. The fourth-order valence-electron chi connectivity index (χ4n) is 1.58.